The quantitative estimate of drug-likeness (QED) is 0.471. The van der Waals surface area contributed by atoms with E-state index in [1.54, 1.807) is 0 Å². The molecule has 4 rings (SSSR count). The molecule has 2 aliphatic rings. The van der Waals surface area contributed by atoms with E-state index < -0.39 is 22.0 Å². The highest BCUT2D eigenvalue weighted by Crippen LogP contribution is 2.37. The van der Waals surface area contributed by atoms with Gasteiger partial charge in [-0.15, -0.1) is 10.5 Å². The minimum Gasteiger partial charge on any atom is -0.590 e. The van der Waals surface area contributed by atoms with Crippen molar-refractivity contribution in [3.05, 3.63) is 45.8 Å². The molecule has 19 heavy (non-hydrogen) atoms. The molecule has 0 saturated heterocycles. The van der Waals surface area contributed by atoms with E-state index in [0.29, 0.717) is 10.8 Å². The third kappa shape index (κ3) is 1.13. The van der Waals surface area contributed by atoms with E-state index in [1.165, 1.54) is 24.3 Å². The van der Waals surface area contributed by atoms with Gasteiger partial charge in [-0.05, 0) is 12.1 Å². The highest BCUT2D eigenvalue weighted by Gasteiger charge is 2.37. The van der Waals surface area contributed by atoms with Crippen molar-refractivity contribution in [2.45, 2.75) is 0 Å². The number of Topliss-reactive ketones (excluding diaryl/α,β-unsaturated/α-hetero) is 2. The highest BCUT2D eigenvalue weighted by molar-refractivity contribution is 6.57. The second kappa shape index (κ2) is 3.23. The lowest BCUT2D eigenvalue weighted by molar-refractivity contribution is -1.27. The fraction of sp³-hybridized carbons (Fsp3) is 0. The smallest absolute Gasteiger partial charge is 0.234 e. The third-order valence-electron chi connectivity index (χ3n) is 3.48. The third-order valence-corrected chi connectivity index (χ3v) is 3.48. The Morgan fingerprint density at radius 1 is 0.789 bits per heavy atom. The van der Waals surface area contributed by atoms with Gasteiger partial charge >= 0.3 is 0 Å². The van der Waals surface area contributed by atoms with Gasteiger partial charge in [0.15, 0.2) is 11.4 Å². The molecule has 0 saturated carbocycles. The Morgan fingerprint density at radius 2 is 1.26 bits per heavy atom. The fourth-order valence-electron chi connectivity index (χ4n) is 2.65. The van der Waals surface area contributed by atoms with Crippen molar-refractivity contribution < 1.29 is 25.0 Å². The minimum atomic E-state index is -0.756. The van der Waals surface area contributed by atoms with Gasteiger partial charge in [0.1, 0.15) is 5.39 Å². The molecule has 2 aromatic carbocycles. The first kappa shape index (κ1) is 10.7. The molecular weight excluding hydrogens is 252 g/mol. The van der Waals surface area contributed by atoms with Crippen LogP contribution in [-0.2, 0) is 4.94 Å². The van der Waals surface area contributed by atoms with E-state index in [1.807, 2.05) is 0 Å². The lowest BCUT2D eigenvalue weighted by atomic mass is 10.0. The summed E-state index contributed by atoms with van der Waals surface area (Å²) in [6.45, 7) is 0. The van der Waals surface area contributed by atoms with E-state index in [9.17, 15) is 20.0 Å². The molecule has 7 heteroatoms. The van der Waals surface area contributed by atoms with Gasteiger partial charge in [-0.2, -0.15) is 0 Å². The zero-order valence-electron chi connectivity index (χ0n) is 9.35. The number of nitrogens with one attached hydrogen (secondary N) is 2. The molecule has 0 bridgehead atoms. The normalized spacial score (nSPS) is 24.3. The van der Waals surface area contributed by atoms with Crippen molar-refractivity contribution in [1.82, 2.24) is 0 Å². The van der Waals surface area contributed by atoms with Gasteiger partial charge in [0, 0.05) is 33.6 Å². The van der Waals surface area contributed by atoms with E-state index in [2.05, 4.69) is 4.94 Å². The fourth-order valence-corrected chi connectivity index (χ4v) is 2.65. The van der Waals surface area contributed by atoms with Crippen LogP contribution in [0.2, 0.25) is 0 Å². The molecule has 2 aromatic rings. The van der Waals surface area contributed by atoms with Crippen LogP contribution in [0.3, 0.4) is 0 Å². The van der Waals surface area contributed by atoms with Crippen molar-refractivity contribution in [3.63, 3.8) is 0 Å². The summed E-state index contributed by atoms with van der Waals surface area (Å²) in [5, 5.41) is 22.6. The van der Waals surface area contributed by atoms with Crippen molar-refractivity contribution in [2.24, 2.45) is 0 Å². The molecule has 1 aliphatic carbocycles. The highest BCUT2D eigenvalue weighted by atomic mass is 17.1. The first-order chi connectivity index (χ1) is 9.09. The van der Waals surface area contributed by atoms with Gasteiger partial charge in [-0.3, -0.25) is 9.59 Å². The van der Waals surface area contributed by atoms with Crippen molar-refractivity contribution >= 4 is 33.7 Å². The topological polar surface area (TPSA) is 98.4 Å². The molecule has 0 amide bonds. The predicted octanol–water partition coefficient (Wildman–Crippen LogP) is -0.893. The summed E-state index contributed by atoms with van der Waals surface area (Å²) >= 11 is 0. The van der Waals surface area contributed by atoms with E-state index in [-0.39, 0.29) is 22.5 Å². The van der Waals surface area contributed by atoms with Crippen molar-refractivity contribution in [1.29, 1.82) is 0 Å². The second-order valence-electron chi connectivity index (χ2n) is 4.41. The monoisotopic (exact) mass is 258 g/mol. The second-order valence-corrected chi connectivity index (χ2v) is 4.41. The Hall–Kier alpha value is -2.16. The number of carbonyl (C=O) groups excluding carboxylic acids is 2. The number of quaternary nitrogens is 2. The van der Waals surface area contributed by atoms with Crippen LogP contribution in [0.4, 0.5) is 11.4 Å². The Balaban J connectivity index is 2.25. The Morgan fingerprint density at radius 3 is 1.74 bits per heavy atom. The summed E-state index contributed by atoms with van der Waals surface area (Å²) in [5.41, 5.74) is 0.890. The van der Waals surface area contributed by atoms with Gasteiger partial charge < -0.3 is 10.4 Å². The largest absolute Gasteiger partial charge is 0.590 e. The molecular formula is C12H6N2O5. The van der Waals surface area contributed by atoms with Crippen LogP contribution in [-0.4, -0.2) is 11.6 Å². The van der Waals surface area contributed by atoms with Crippen LogP contribution >= 0.6 is 0 Å². The Bertz CT molecular complexity index is 725. The van der Waals surface area contributed by atoms with Crippen LogP contribution in [0, 0.1) is 10.4 Å². The molecule has 0 spiro atoms. The summed E-state index contributed by atoms with van der Waals surface area (Å²) in [6, 6.07) is 5.68. The zero-order chi connectivity index (χ0) is 13.3. The maximum atomic E-state index is 11.8. The Labute approximate surface area is 105 Å². The van der Waals surface area contributed by atoms with Crippen LogP contribution in [0.1, 0.15) is 20.7 Å². The van der Waals surface area contributed by atoms with Crippen LogP contribution in [0.5, 0.6) is 0 Å². The summed E-state index contributed by atoms with van der Waals surface area (Å²) in [5.74, 6) is -1.21. The Kier molecular flexibility index (Phi) is 1.83. The van der Waals surface area contributed by atoms with Crippen molar-refractivity contribution in [3.8, 4) is 0 Å². The summed E-state index contributed by atoms with van der Waals surface area (Å²) in [6.07, 6.45) is 0. The summed E-state index contributed by atoms with van der Waals surface area (Å²) < 4.78 is 0. The standard InChI is InChI=1S/C12H6N2O5/c15-11-5-1-3-7-10-8(14(18)19-13(7)17)4-2-6(9(5)10)12(11)16/h1-4,13-14H. The number of carbonyl (C=O) groups is 2. The lowest BCUT2D eigenvalue weighted by Gasteiger charge is -2.30. The molecule has 2 unspecified atom stereocenters. The number of hydrogen-bond acceptors (Lipinski definition) is 5. The lowest BCUT2D eigenvalue weighted by Crippen LogP contribution is -3.22. The van der Waals surface area contributed by atoms with Gasteiger partial charge in [-0.25, -0.2) is 0 Å². The summed E-state index contributed by atoms with van der Waals surface area (Å²) in [7, 11) is 0. The molecule has 0 radical (unpaired) electrons. The van der Waals surface area contributed by atoms with Gasteiger partial charge in [0.05, 0.1) is 0 Å². The van der Waals surface area contributed by atoms with Gasteiger partial charge in [0.25, 0.3) is 0 Å². The maximum absolute atomic E-state index is 11.8. The first-order valence-corrected chi connectivity index (χ1v) is 5.55. The SMILES string of the molecule is O=C1C(=O)c2ccc3c4c(ccc1c24)[NH+]([O-])O[NH+]3[O-]. The molecule has 2 N–H and O–H groups in total. The molecule has 1 aliphatic heterocycles. The zero-order valence-corrected chi connectivity index (χ0v) is 9.35. The minimum absolute atomic E-state index is 0.206. The number of benzene rings is 2. The first-order valence-electron chi connectivity index (χ1n) is 5.55. The van der Waals surface area contributed by atoms with E-state index in [4.69, 9.17) is 0 Å². The molecule has 0 aromatic heterocycles. The van der Waals surface area contributed by atoms with E-state index in [0.717, 1.165) is 0 Å². The number of hydrogen-bond donors (Lipinski definition) is 2. The molecule has 94 valence electrons. The molecule has 0 fully saturated rings. The average molecular weight is 258 g/mol. The van der Waals surface area contributed by atoms with Crippen LogP contribution in [0.15, 0.2) is 24.3 Å². The predicted molar refractivity (Wildman–Crippen MR) is 61.7 cm³/mol. The molecule has 2 atom stereocenters. The number of ketones is 2. The average Bonchev–Trinajstić information content (AvgIpc) is 2.65. The van der Waals surface area contributed by atoms with Gasteiger partial charge in [0.2, 0.25) is 11.6 Å². The van der Waals surface area contributed by atoms with Crippen LogP contribution < -0.4 is 10.5 Å². The van der Waals surface area contributed by atoms with Crippen molar-refractivity contribution in [2.75, 3.05) is 0 Å². The van der Waals surface area contributed by atoms with E-state index >= 15 is 0 Å². The summed E-state index contributed by atoms with van der Waals surface area (Å²) in [4.78, 5) is 28.2. The molecule has 1 heterocycles. The molecule has 7 nitrogen and oxygen atoms in total. The number of rotatable bonds is 0. The van der Waals surface area contributed by atoms with Crippen LogP contribution in [0.25, 0.3) is 10.8 Å². The van der Waals surface area contributed by atoms with Gasteiger partial charge in [-0.1, -0.05) is 0 Å². The maximum Gasteiger partial charge on any atom is 0.234 e.